The van der Waals surface area contributed by atoms with Crippen molar-refractivity contribution in [3.63, 3.8) is 0 Å². The number of nitrogens with zero attached hydrogens (tertiary/aromatic N) is 2. The lowest BCUT2D eigenvalue weighted by molar-refractivity contribution is -0.126. The van der Waals surface area contributed by atoms with Gasteiger partial charge < -0.3 is 14.8 Å². The van der Waals surface area contributed by atoms with Crippen LogP contribution in [0, 0.1) is 6.92 Å². The second-order valence-corrected chi connectivity index (χ2v) is 7.88. The zero-order valence-electron chi connectivity index (χ0n) is 17.2. The average molecular weight is 396 g/mol. The molecule has 2 aromatic rings. The van der Waals surface area contributed by atoms with Gasteiger partial charge in [-0.15, -0.1) is 0 Å². The number of hydrogen-bond donors (Lipinski definition) is 1. The molecule has 154 valence electrons. The van der Waals surface area contributed by atoms with Gasteiger partial charge in [0.1, 0.15) is 0 Å². The summed E-state index contributed by atoms with van der Waals surface area (Å²) in [7, 11) is 0. The molecule has 1 saturated heterocycles. The average Bonchev–Trinajstić information content (AvgIpc) is 3.21. The molecule has 0 spiro atoms. The smallest absolute Gasteiger partial charge is 0.237 e. The highest BCUT2D eigenvalue weighted by atomic mass is 16.7. The van der Waals surface area contributed by atoms with E-state index in [1.807, 2.05) is 13.0 Å². The number of fused-ring (bicyclic) bond motifs is 1. The van der Waals surface area contributed by atoms with Crippen molar-refractivity contribution < 1.29 is 14.3 Å². The number of amides is 1. The molecule has 0 bridgehead atoms. The van der Waals surface area contributed by atoms with Crippen LogP contribution in [0.4, 0.5) is 0 Å². The van der Waals surface area contributed by atoms with E-state index in [2.05, 4.69) is 58.4 Å². The fourth-order valence-corrected chi connectivity index (χ4v) is 3.81. The lowest BCUT2D eigenvalue weighted by Crippen LogP contribution is -2.53. The summed E-state index contributed by atoms with van der Waals surface area (Å²) in [6, 6.07) is 14.3. The number of carbonyl (C=O) groups excluding carboxylic acids is 1. The third-order valence-electron chi connectivity index (χ3n) is 5.76. The minimum absolute atomic E-state index is 0.0924. The fraction of sp³-hybridized carbons (Fsp3) is 0.435. The normalized spacial score (nSPS) is 17.9. The highest BCUT2D eigenvalue weighted by Crippen LogP contribution is 2.32. The Hall–Kier alpha value is -2.57. The van der Waals surface area contributed by atoms with Crippen molar-refractivity contribution in [2.24, 2.45) is 0 Å². The van der Waals surface area contributed by atoms with Crippen LogP contribution in [0.5, 0.6) is 11.5 Å². The molecule has 2 heterocycles. The van der Waals surface area contributed by atoms with Crippen molar-refractivity contribution in [2.45, 2.75) is 33.0 Å². The van der Waals surface area contributed by atoms with Crippen molar-refractivity contribution in [1.82, 2.24) is 15.1 Å². The maximum Gasteiger partial charge on any atom is 0.237 e. The quantitative estimate of drug-likeness (QED) is 0.815. The first kappa shape index (κ1) is 19.7. The van der Waals surface area contributed by atoms with E-state index in [-0.39, 0.29) is 11.9 Å². The summed E-state index contributed by atoms with van der Waals surface area (Å²) in [4.78, 5) is 17.3. The summed E-state index contributed by atoms with van der Waals surface area (Å²) in [5.41, 5.74) is 3.59. The Bertz CT molecular complexity index is 845. The van der Waals surface area contributed by atoms with Gasteiger partial charge in [0.05, 0.1) is 6.04 Å². The molecule has 1 atom stereocenters. The Morgan fingerprint density at radius 1 is 1.00 bits per heavy atom. The van der Waals surface area contributed by atoms with E-state index in [0.717, 1.165) is 49.8 Å². The van der Waals surface area contributed by atoms with Gasteiger partial charge in [0.25, 0.3) is 0 Å². The Labute approximate surface area is 172 Å². The molecule has 0 aliphatic carbocycles. The van der Waals surface area contributed by atoms with Crippen molar-refractivity contribution in [3.05, 3.63) is 59.2 Å². The second-order valence-electron chi connectivity index (χ2n) is 7.88. The van der Waals surface area contributed by atoms with Crippen LogP contribution >= 0.6 is 0 Å². The molecule has 1 N–H and O–H groups in total. The molecule has 1 amide bonds. The van der Waals surface area contributed by atoms with Crippen LogP contribution in [0.15, 0.2) is 42.5 Å². The van der Waals surface area contributed by atoms with E-state index in [4.69, 9.17) is 9.47 Å². The topological polar surface area (TPSA) is 54.0 Å². The predicted molar refractivity (Wildman–Crippen MR) is 112 cm³/mol. The molecule has 2 aliphatic heterocycles. The highest BCUT2D eigenvalue weighted by molar-refractivity contribution is 5.81. The van der Waals surface area contributed by atoms with E-state index in [1.165, 1.54) is 11.1 Å². The van der Waals surface area contributed by atoms with Crippen molar-refractivity contribution in [1.29, 1.82) is 0 Å². The van der Waals surface area contributed by atoms with Gasteiger partial charge in [-0.25, -0.2) is 0 Å². The van der Waals surface area contributed by atoms with Gasteiger partial charge in [0.2, 0.25) is 12.7 Å². The summed E-state index contributed by atoms with van der Waals surface area (Å²) >= 11 is 0. The number of nitrogens with one attached hydrogen (secondary N) is 1. The van der Waals surface area contributed by atoms with Gasteiger partial charge in [-0.1, -0.05) is 35.9 Å². The number of hydrogen-bond acceptors (Lipinski definition) is 5. The Balaban J connectivity index is 1.23. The maximum absolute atomic E-state index is 12.6. The molecule has 29 heavy (non-hydrogen) atoms. The lowest BCUT2D eigenvalue weighted by atomic mass is 10.1. The third-order valence-corrected chi connectivity index (χ3v) is 5.76. The molecule has 0 aromatic heterocycles. The van der Waals surface area contributed by atoms with Gasteiger partial charge in [-0.05, 0) is 37.1 Å². The largest absolute Gasteiger partial charge is 0.454 e. The summed E-state index contributed by atoms with van der Waals surface area (Å²) in [6.45, 7) is 9.52. The monoisotopic (exact) mass is 395 g/mol. The SMILES string of the molecule is Cc1ccc(CNC(=O)C(C)N2CCN(Cc3ccc4c(c3)OCO4)CC2)cc1. The van der Waals surface area contributed by atoms with E-state index in [1.54, 1.807) is 0 Å². The number of benzene rings is 2. The van der Waals surface area contributed by atoms with Gasteiger partial charge in [-0.2, -0.15) is 0 Å². The van der Waals surface area contributed by atoms with Gasteiger partial charge >= 0.3 is 0 Å². The first-order valence-corrected chi connectivity index (χ1v) is 10.3. The number of carbonyl (C=O) groups is 1. The van der Waals surface area contributed by atoms with Crippen molar-refractivity contribution >= 4 is 5.91 Å². The molecule has 0 radical (unpaired) electrons. The third kappa shape index (κ3) is 4.89. The zero-order chi connectivity index (χ0) is 20.2. The van der Waals surface area contributed by atoms with Crippen molar-refractivity contribution in [2.75, 3.05) is 33.0 Å². The minimum atomic E-state index is -0.117. The zero-order valence-corrected chi connectivity index (χ0v) is 17.2. The van der Waals surface area contributed by atoms with Crippen LogP contribution in [0.25, 0.3) is 0 Å². The first-order chi connectivity index (χ1) is 14.1. The number of rotatable bonds is 6. The van der Waals surface area contributed by atoms with Crippen LogP contribution in [0.1, 0.15) is 23.6 Å². The lowest BCUT2D eigenvalue weighted by Gasteiger charge is -2.37. The van der Waals surface area contributed by atoms with E-state index in [9.17, 15) is 4.79 Å². The Morgan fingerprint density at radius 2 is 1.69 bits per heavy atom. The standard InChI is InChI=1S/C23H29N3O3/c1-17-3-5-19(6-4-17)14-24-23(27)18(2)26-11-9-25(10-12-26)15-20-7-8-21-22(13-20)29-16-28-21/h3-8,13,18H,9-12,14-16H2,1-2H3,(H,24,27). The predicted octanol–water partition coefficient (Wildman–Crippen LogP) is 2.55. The molecule has 1 fully saturated rings. The molecule has 2 aliphatic rings. The number of ether oxygens (including phenoxy) is 2. The van der Waals surface area contributed by atoms with Crippen LogP contribution < -0.4 is 14.8 Å². The van der Waals surface area contributed by atoms with E-state index in [0.29, 0.717) is 13.3 Å². The van der Waals surface area contributed by atoms with Crippen molar-refractivity contribution in [3.8, 4) is 11.5 Å². The van der Waals surface area contributed by atoms with Crippen LogP contribution in [-0.4, -0.2) is 54.7 Å². The first-order valence-electron chi connectivity index (χ1n) is 10.3. The molecule has 2 aromatic carbocycles. The summed E-state index contributed by atoms with van der Waals surface area (Å²) < 4.78 is 10.8. The molecular formula is C23H29N3O3. The summed E-state index contributed by atoms with van der Waals surface area (Å²) in [5, 5.41) is 3.07. The van der Waals surface area contributed by atoms with E-state index >= 15 is 0 Å². The van der Waals surface area contributed by atoms with Gasteiger partial charge in [0, 0.05) is 39.3 Å². The fourth-order valence-electron chi connectivity index (χ4n) is 3.81. The molecule has 0 saturated carbocycles. The molecule has 6 nitrogen and oxygen atoms in total. The number of aryl methyl sites for hydroxylation is 1. The molecule has 4 rings (SSSR count). The Morgan fingerprint density at radius 3 is 2.45 bits per heavy atom. The summed E-state index contributed by atoms with van der Waals surface area (Å²) in [6.07, 6.45) is 0. The second kappa shape index (κ2) is 8.84. The van der Waals surface area contributed by atoms with Crippen LogP contribution in [0.3, 0.4) is 0 Å². The summed E-state index contributed by atoms with van der Waals surface area (Å²) in [5.74, 6) is 1.75. The van der Waals surface area contributed by atoms with Crippen LogP contribution in [0.2, 0.25) is 0 Å². The van der Waals surface area contributed by atoms with Gasteiger partial charge in [0.15, 0.2) is 11.5 Å². The Kier molecular flexibility index (Phi) is 6.02. The minimum Gasteiger partial charge on any atom is -0.454 e. The van der Waals surface area contributed by atoms with Gasteiger partial charge in [-0.3, -0.25) is 14.6 Å². The molecule has 6 heteroatoms. The highest BCUT2D eigenvalue weighted by Gasteiger charge is 2.25. The van der Waals surface area contributed by atoms with E-state index < -0.39 is 0 Å². The number of piperazine rings is 1. The molecular weight excluding hydrogens is 366 g/mol. The van der Waals surface area contributed by atoms with Crippen LogP contribution in [-0.2, 0) is 17.9 Å². The molecule has 1 unspecified atom stereocenters. The maximum atomic E-state index is 12.6.